The lowest BCUT2D eigenvalue weighted by Gasteiger charge is -2.08. The lowest BCUT2D eigenvalue weighted by atomic mass is 10.1. The van der Waals surface area contributed by atoms with Crippen LogP contribution in [0.4, 0.5) is 13.2 Å². The van der Waals surface area contributed by atoms with Crippen LogP contribution in [0.3, 0.4) is 0 Å². The van der Waals surface area contributed by atoms with Gasteiger partial charge in [0.2, 0.25) is 5.88 Å². The van der Waals surface area contributed by atoms with E-state index < -0.39 is 18.6 Å². The van der Waals surface area contributed by atoms with E-state index in [4.69, 9.17) is 9.26 Å². The Morgan fingerprint density at radius 2 is 1.93 bits per heavy atom. The second-order valence-electron chi connectivity index (χ2n) is 5.65. The summed E-state index contributed by atoms with van der Waals surface area (Å²) >= 11 is 0. The maximum atomic E-state index is 12.1. The van der Waals surface area contributed by atoms with Crippen LogP contribution in [0.15, 0.2) is 41.2 Å². The van der Waals surface area contributed by atoms with Gasteiger partial charge in [-0.1, -0.05) is 5.16 Å². The van der Waals surface area contributed by atoms with E-state index in [2.05, 4.69) is 20.3 Å². The molecule has 146 valence electrons. The third kappa shape index (κ3) is 4.81. The van der Waals surface area contributed by atoms with Gasteiger partial charge in [-0.05, 0) is 25.1 Å². The maximum absolute atomic E-state index is 12.1. The van der Waals surface area contributed by atoms with Gasteiger partial charge in [0, 0.05) is 24.0 Å². The van der Waals surface area contributed by atoms with Gasteiger partial charge in [0.15, 0.2) is 5.69 Å². The van der Waals surface area contributed by atoms with E-state index in [0.717, 1.165) is 5.56 Å². The van der Waals surface area contributed by atoms with Crippen molar-refractivity contribution in [3.63, 3.8) is 0 Å². The second kappa shape index (κ2) is 8.03. The third-order valence-electron chi connectivity index (χ3n) is 3.62. The largest absolute Gasteiger partial charge is 0.472 e. The minimum absolute atomic E-state index is 0.0707. The second-order valence-corrected chi connectivity index (χ2v) is 5.65. The summed E-state index contributed by atoms with van der Waals surface area (Å²) in [6.07, 6.45) is -1.26. The monoisotopic (exact) mass is 393 g/mol. The quantitative estimate of drug-likeness (QED) is 0.687. The molecule has 0 saturated heterocycles. The number of rotatable bonds is 6. The first-order valence-corrected chi connectivity index (χ1v) is 8.00. The van der Waals surface area contributed by atoms with Crippen molar-refractivity contribution in [2.24, 2.45) is 0 Å². The lowest BCUT2D eigenvalue weighted by molar-refractivity contribution is -0.123. The number of aromatic nitrogens is 4. The summed E-state index contributed by atoms with van der Waals surface area (Å²) in [7, 11) is 0. The summed E-state index contributed by atoms with van der Waals surface area (Å²) < 4.78 is 47.1. The molecule has 0 aliphatic rings. The van der Waals surface area contributed by atoms with Crippen molar-refractivity contribution >= 4 is 5.91 Å². The average molecular weight is 393 g/mol. The van der Waals surface area contributed by atoms with Gasteiger partial charge in [0.25, 0.3) is 5.91 Å². The summed E-state index contributed by atoms with van der Waals surface area (Å²) in [5.41, 5.74) is 1.83. The van der Waals surface area contributed by atoms with Gasteiger partial charge in [-0.15, -0.1) is 10.2 Å². The molecule has 0 bridgehead atoms. The predicted octanol–water partition coefficient (Wildman–Crippen LogP) is 2.71. The molecule has 8 nitrogen and oxygen atoms in total. The lowest BCUT2D eigenvalue weighted by Crippen LogP contribution is -2.34. The highest BCUT2D eigenvalue weighted by Crippen LogP contribution is 2.25. The standard InChI is InChI=1S/C17H14F3N5O3/c1-10-12(15(25-28-10)11-4-6-21-7-5-11)8-27-14-3-2-13(23-24-14)16(26)22-9-17(18,19)20/h2-7H,8-9H2,1H3,(H,22,26). The van der Waals surface area contributed by atoms with Crippen LogP contribution in [-0.4, -0.2) is 39.0 Å². The Morgan fingerprint density at radius 3 is 2.57 bits per heavy atom. The molecule has 1 amide bonds. The van der Waals surface area contributed by atoms with Crippen LogP contribution >= 0.6 is 0 Å². The van der Waals surface area contributed by atoms with Crippen molar-refractivity contribution in [1.29, 1.82) is 0 Å². The summed E-state index contributed by atoms with van der Waals surface area (Å²) in [5.74, 6) is -0.331. The number of ether oxygens (including phenoxy) is 1. The molecule has 3 aromatic heterocycles. The van der Waals surface area contributed by atoms with Crippen molar-refractivity contribution in [1.82, 2.24) is 25.7 Å². The fourth-order valence-corrected chi connectivity index (χ4v) is 2.23. The van der Waals surface area contributed by atoms with Crippen LogP contribution in [-0.2, 0) is 6.61 Å². The zero-order valence-corrected chi connectivity index (χ0v) is 14.5. The highest BCUT2D eigenvalue weighted by molar-refractivity contribution is 5.92. The smallest absolute Gasteiger partial charge is 0.405 e. The number of hydrogen-bond donors (Lipinski definition) is 1. The molecule has 28 heavy (non-hydrogen) atoms. The normalized spacial score (nSPS) is 11.3. The van der Waals surface area contributed by atoms with Crippen molar-refractivity contribution < 1.29 is 27.2 Å². The molecular formula is C17H14F3N5O3. The Morgan fingerprint density at radius 1 is 1.18 bits per heavy atom. The number of aryl methyl sites for hydroxylation is 1. The van der Waals surface area contributed by atoms with E-state index in [1.807, 2.05) is 0 Å². The van der Waals surface area contributed by atoms with Crippen molar-refractivity contribution in [2.45, 2.75) is 19.7 Å². The zero-order chi connectivity index (χ0) is 20.1. The van der Waals surface area contributed by atoms with E-state index >= 15 is 0 Å². The minimum atomic E-state index is -4.50. The molecule has 1 N–H and O–H groups in total. The molecule has 0 spiro atoms. The molecule has 0 aromatic carbocycles. The predicted molar refractivity (Wildman–Crippen MR) is 89.2 cm³/mol. The SMILES string of the molecule is Cc1onc(-c2ccncc2)c1COc1ccc(C(=O)NCC(F)(F)F)nn1. The van der Waals surface area contributed by atoms with Gasteiger partial charge < -0.3 is 14.6 Å². The highest BCUT2D eigenvalue weighted by atomic mass is 19.4. The molecular weight excluding hydrogens is 379 g/mol. The average Bonchev–Trinajstić information content (AvgIpc) is 3.05. The molecule has 0 radical (unpaired) electrons. The number of pyridine rings is 1. The molecule has 0 fully saturated rings. The van der Waals surface area contributed by atoms with Crippen LogP contribution < -0.4 is 10.1 Å². The molecule has 3 rings (SSSR count). The summed E-state index contributed by atoms with van der Waals surface area (Å²) in [5, 5.41) is 13.0. The first-order valence-electron chi connectivity index (χ1n) is 8.00. The molecule has 11 heteroatoms. The van der Waals surface area contributed by atoms with E-state index in [0.29, 0.717) is 17.0 Å². The van der Waals surface area contributed by atoms with Gasteiger partial charge in [0.05, 0.1) is 5.56 Å². The van der Waals surface area contributed by atoms with Crippen molar-refractivity contribution in [3.05, 3.63) is 53.7 Å². The fourth-order valence-electron chi connectivity index (χ4n) is 2.23. The molecule has 3 aromatic rings. The molecule has 0 aliphatic carbocycles. The van der Waals surface area contributed by atoms with E-state index in [9.17, 15) is 18.0 Å². The number of halogens is 3. The molecule has 0 aliphatic heterocycles. The number of alkyl halides is 3. The van der Waals surface area contributed by atoms with Crippen molar-refractivity contribution in [2.75, 3.05) is 6.54 Å². The van der Waals surface area contributed by atoms with Crippen LogP contribution in [0, 0.1) is 6.92 Å². The fraction of sp³-hybridized carbons (Fsp3) is 0.235. The molecule has 0 unspecified atom stereocenters. The van der Waals surface area contributed by atoms with Crippen LogP contribution in [0.5, 0.6) is 5.88 Å². The molecule has 3 heterocycles. The number of nitrogens with one attached hydrogen (secondary N) is 1. The van der Waals surface area contributed by atoms with E-state index in [1.165, 1.54) is 12.1 Å². The van der Waals surface area contributed by atoms with E-state index in [-0.39, 0.29) is 18.2 Å². The minimum Gasteiger partial charge on any atom is -0.472 e. The van der Waals surface area contributed by atoms with Gasteiger partial charge in [0.1, 0.15) is 24.6 Å². The zero-order valence-electron chi connectivity index (χ0n) is 14.5. The number of carbonyl (C=O) groups excluding carboxylic acids is 1. The molecule has 0 saturated carbocycles. The van der Waals surface area contributed by atoms with Gasteiger partial charge in [-0.25, -0.2) is 0 Å². The summed E-state index contributed by atoms with van der Waals surface area (Å²) in [6, 6.07) is 6.10. The van der Waals surface area contributed by atoms with Gasteiger partial charge >= 0.3 is 6.18 Å². The highest BCUT2D eigenvalue weighted by Gasteiger charge is 2.28. The van der Waals surface area contributed by atoms with Gasteiger partial charge in [-0.3, -0.25) is 9.78 Å². The number of amides is 1. The number of carbonyl (C=O) groups is 1. The Bertz CT molecular complexity index is 943. The number of nitrogens with zero attached hydrogens (tertiary/aromatic N) is 4. The van der Waals surface area contributed by atoms with E-state index in [1.54, 1.807) is 36.8 Å². The Balaban J connectivity index is 1.65. The topological polar surface area (TPSA) is 103 Å². The first-order chi connectivity index (χ1) is 13.3. The van der Waals surface area contributed by atoms with Gasteiger partial charge in [-0.2, -0.15) is 13.2 Å². The van der Waals surface area contributed by atoms with Crippen molar-refractivity contribution in [3.8, 4) is 17.1 Å². The maximum Gasteiger partial charge on any atom is 0.405 e. The van der Waals surface area contributed by atoms with Crippen LogP contribution in [0.25, 0.3) is 11.3 Å². The van der Waals surface area contributed by atoms with Crippen LogP contribution in [0.2, 0.25) is 0 Å². The molecule has 0 atom stereocenters. The Labute approximate surface area is 156 Å². The summed E-state index contributed by atoms with van der Waals surface area (Å²) in [6.45, 7) is 0.355. The summed E-state index contributed by atoms with van der Waals surface area (Å²) in [4.78, 5) is 15.6. The first kappa shape index (κ1) is 19.3. The van der Waals surface area contributed by atoms with Crippen LogP contribution in [0.1, 0.15) is 21.8 Å². The third-order valence-corrected chi connectivity index (χ3v) is 3.62. The number of hydrogen-bond acceptors (Lipinski definition) is 7. The Hall–Kier alpha value is -3.50. The Kier molecular flexibility index (Phi) is 5.52.